The minimum absolute atomic E-state index is 0.0235. The fraction of sp³-hybridized carbons (Fsp3) is 0.684. The van der Waals surface area contributed by atoms with Crippen LogP contribution >= 0.6 is 11.8 Å². The molecule has 1 saturated carbocycles. The van der Waals surface area contributed by atoms with Crippen LogP contribution in [0, 0.1) is 0 Å². The zero-order valence-corrected chi connectivity index (χ0v) is 18.2. The van der Waals surface area contributed by atoms with Gasteiger partial charge in [-0.15, -0.1) is 0 Å². The average Bonchev–Trinajstić information content (AvgIpc) is 2.96. The van der Waals surface area contributed by atoms with Crippen LogP contribution in [0.3, 0.4) is 0 Å². The Labute approximate surface area is 172 Å². The minimum atomic E-state index is -3.49. The van der Waals surface area contributed by atoms with Gasteiger partial charge in [-0.3, -0.25) is 4.79 Å². The predicted molar refractivity (Wildman–Crippen MR) is 110 cm³/mol. The first kappa shape index (κ1) is 21.5. The molecule has 9 heteroatoms. The molecule has 0 spiro atoms. The van der Waals surface area contributed by atoms with Gasteiger partial charge in [-0.1, -0.05) is 37.4 Å². The van der Waals surface area contributed by atoms with Crippen LogP contribution in [0.5, 0.6) is 0 Å². The monoisotopic (exact) mass is 427 g/mol. The zero-order chi connectivity index (χ0) is 20.0. The summed E-state index contributed by atoms with van der Waals surface area (Å²) in [6, 6.07) is 3.58. The van der Waals surface area contributed by atoms with E-state index in [0.717, 1.165) is 25.9 Å². The highest BCUT2D eigenvalue weighted by atomic mass is 32.2. The van der Waals surface area contributed by atoms with Crippen molar-refractivity contribution in [3.05, 3.63) is 18.3 Å². The van der Waals surface area contributed by atoms with Crippen molar-refractivity contribution < 1.29 is 18.1 Å². The maximum atomic E-state index is 12.7. The number of sulfonamides is 1. The molecule has 2 fully saturated rings. The Hall–Kier alpha value is -1.16. The van der Waals surface area contributed by atoms with Gasteiger partial charge < -0.3 is 10.2 Å². The van der Waals surface area contributed by atoms with E-state index >= 15 is 0 Å². The molecule has 1 aromatic rings. The summed E-state index contributed by atoms with van der Waals surface area (Å²) in [5.74, 6) is 0.326. The topological polar surface area (TPSA) is 83.8 Å². The summed E-state index contributed by atoms with van der Waals surface area (Å²) in [4.78, 5) is 18.0. The molecule has 2 N–H and O–H groups in total. The molecule has 1 aliphatic carbocycles. The van der Waals surface area contributed by atoms with Crippen molar-refractivity contribution in [3.8, 4) is 0 Å². The number of aromatic nitrogens is 1. The average molecular weight is 428 g/mol. The van der Waals surface area contributed by atoms with Crippen LogP contribution < -0.4 is 10.2 Å². The summed E-state index contributed by atoms with van der Waals surface area (Å²) in [6.07, 6.45) is 8.43. The Balaban J connectivity index is 1.50. The smallest absolute Gasteiger partial charge is 0.245 e. The van der Waals surface area contributed by atoms with E-state index in [1.165, 1.54) is 52.8 Å². The van der Waals surface area contributed by atoms with Gasteiger partial charge >= 0.3 is 0 Å². The third-order valence-electron chi connectivity index (χ3n) is 5.49. The lowest BCUT2D eigenvalue weighted by atomic mass is 10.1. The van der Waals surface area contributed by atoms with E-state index in [1.54, 1.807) is 12.1 Å². The van der Waals surface area contributed by atoms with Crippen LogP contribution in [0.1, 0.15) is 38.5 Å². The van der Waals surface area contributed by atoms with Gasteiger partial charge in [0.2, 0.25) is 15.9 Å². The van der Waals surface area contributed by atoms with Crippen LogP contribution in [-0.4, -0.2) is 68.6 Å². The molecule has 1 amide bonds. The molecule has 2 aliphatic rings. The number of hydrogen-bond acceptors (Lipinski definition) is 5. The minimum Gasteiger partial charge on any atom is -0.353 e. The molecule has 0 atom stereocenters. The predicted octanol–water partition coefficient (Wildman–Crippen LogP) is 0.532. The first-order chi connectivity index (χ1) is 13.4. The SMILES string of the molecule is C[NH+]1CCN(S(=O)(=O)c2ccc(SCC(=O)NC3CCCCCC3)nc2)CC1. The number of piperazine rings is 1. The molecular formula is C19H31N4O3S2+. The zero-order valence-electron chi connectivity index (χ0n) is 16.5. The van der Waals surface area contributed by atoms with Gasteiger partial charge in [-0.2, -0.15) is 4.31 Å². The summed E-state index contributed by atoms with van der Waals surface area (Å²) in [7, 11) is -1.41. The number of likely N-dealkylation sites (N-methyl/N-ethyl adjacent to an activating group) is 1. The normalized spacial score (nSPS) is 20.6. The van der Waals surface area contributed by atoms with Crippen LogP contribution in [0.4, 0.5) is 0 Å². The number of quaternary nitrogens is 1. The van der Waals surface area contributed by atoms with E-state index in [1.807, 2.05) is 0 Å². The van der Waals surface area contributed by atoms with Crippen LogP contribution in [0.2, 0.25) is 0 Å². The van der Waals surface area contributed by atoms with Crippen molar-refractivity contribution >= 4 is 27.7 Å². The number of carbonyl (C=O) groups excluding carboxylic acids is 1. The van der Waals surface area contributed by atoms with Crippen molar-refractivity contribution in [2.45, 2.75) is 54.5 Å². The van der Waals surface area contributed by atoms with Gasteiger partial charge in [0.1, 0.15) is 4.90 Å². The van der Waals surface area contributed by atoms with Gasteiger partial charge in [0.25, 0.3) is 0 Å². The molecular weight excluding hydrogens is 396 g/mol. The molecule has 1 aromatic heterocycles. The summed E-state index contributed by atoms with van der Waals surface area (Å²) in [5, 5.41) is 3.78. The number of nitrogens with zero attached hydrogens (tertiary/aromatic N) is 2. The van der Waals surface area contributed by atoms with Gasteiger partial charge in [0, 0.05) is 12.2 Å². The third-order valence-corrected chi connectivity index (χ3v) is 8.32. The molecule has 3 rings (SSSR count). The first-order valence-electron chi connectivity index (χ1n) is 10.1. The van der Waals surface area contributed by atoms with Crippen molar-refractivity contribution in [2.75, 3.05) is 39.0 Å². The largest absolute Gasteiger partial charge is 0.353 e. The van der Waals surface area contributed by atoms with E-state index in [4.69, 9.17) is 0 Å². The fourth-order valence-corrected chi connectivity index (χ4v) is 5.74. The number of pyridine rings is 1. The molecule has 0 radical (unpaired) electrons. The van der Waals surface area contributed by atoms with E-state index in [-0.39, 0.29) is 10.8 Å². The lowest BCUT2D eigenvalue weighted by Crippen LogP contribution is -3.12. The molecule has 1 saturated heterocycles. The summed E-state index contributed by atoms with van der Waals surface area (Å²) in [6.45, 7) is 2.70. The first-order valence-corrected chi connectivity index (χ1v) is 12.6. The molecule has 7 nitrogen and oxygen atoms in total. The lowest BCUT2D eigenvalue weighted by molar-refractivity contribution is -0.883. The van der Waals surface area contributed by atoms with Crippen LogP contribution in [0.15, 0.2) is 28.3 Å². The number of thioether (sulfide) groups is 1. The quantitative estimate of drug-likeness (QED) is 0.511. The van der Waals surface area contributed by atoms with Crippen molar-refractivity contribution in [1.29, 1.82) is 0 Å². The van der Waals surface area contributed by atoms with Gasteiger partial charge in [0.15, 0.2) is 0 Å². The highest BCUT2D eigenvalue weighted by Crippen LogP contribution is 2.21. The Morgan fingerprint density at radius 1 is 1.21 bits per heavy atom. The van der Waals surface area contributed by atoms with Crippen LogP contribution in [0.25, 0.3) is 0 Å². The fourth-order valence-electron chi connectivity index (χ4n) is 3.69. The Bertz CT molecular complexity index is 739. The number of carbonyl (C=O) groups is 1. The number of hydrogen-bond donors (Lipinski definition) is 2. The maximum Gasteiger partial charge on any atom is 0.245 e. The lowest BCUT2D eigenvalue weighted by Gasteiger charge is -2.29. The van der Waals surface area contributed by atoms with E-state index in [2.05, 4.69) is 17.3 Å². The number of nitrogens with one attached hydrogen (secondary N) is 2. The Morgan fingerprint density at radius 2 is 1.89 bits per heavy atom. The molecule has 0 bridgehead atoms. The second-order valence-corrected chi connectivity index (χ2v) is 10.7. The summed E-state index contributed by atoms with van der Waals surface area (Å²) < 4.78 is 27.0. The Kier molecular flexibility index (Phi) is 7.73. The van der Waals surface area contributed by atoms with E-state index in [0.29, 0.717) is 29.9 Å². The molecule has 0 aromatic carbocycles. The maximum absolute atomic E-state index is 12.7. The standard InChI is InChI=1S/C19H30N4O3S2/c1-22-10-12-23(13-11-22)28(25,26)17-8-9-19(20-14-17)27-15-18(24)21-16-6-4-2-3-5-7-16/h8-9,14,16H,2-7,10-13,15H2,1H3,(H,21,24)/p+1. The number of amides is 1. The van der Waals surface area contributed by atoms with Gasteiger partial charge in [-0.05, 0) is 25.0 Å². The molecule has 2 heterocycles. The van der Waals surface area contributed by atoms with Crippen molar-refractivity contribution in [2.24, 2.45) is 0 Å². The van der Waals surface area contributed by atoms with Gasteiger partial charge in [-0.25, -0.2) is 13.4 Å². The molecule has 0 unspecified atom stereocenters. The number of rotatable bonds is 6. The van der Waals surface area contributed by atoms with E-state index in [9.17, 15) is 13.2 Å². The summed E-state index contributed by atoms with van der Waals surface area (Å²) in [5.41, 5.74) is 0. The highest BCUT2D eigenvalue weighted by Gasteiger charge is 2.29. The highest BCUT2D eigenvalue weighted by molar-refractivity contribution is 7.99. The third kappa shape index (κ3) is 5.92. The van der Waals surface area contributed by atoms with Crippen molar-refractivity contribution in [3.63, 3.8) is 0 Å². The van der Waals surface area contributed by atoms with Gasteiger partial charge in [0.05, 0.1) is 44.0 Å². The second-order valence-electron chi connectivity index (χ2n) is 7.74. The summed E-state index contributed by atoms with van der Waals surface area (Å²) >= 11 is 1.34. The van der Waals surface area contributed by atoms with Crippen molar-refractivity contribution in [1.82, 2.24) is 14.6 Å². The van der Waals surface area contributed by atoms with E-state index < -0.39 is 10.0 Å². The second kappa shape index (κ2) is 10.0. The Morgan fingerprint density at radius 3 is 2.50 bits per heavy atom. The molecule has 28 heavy (non-hydrogen) atoms. The molecule has 156 valence electrons. The molecule has 1 aliphatic heterocycles. The van der Waals surface area contributed by atoms with Crippen LogP contribution in [-0.2, 0) is 14.8 Å².